The van der Waals surface area contributed by atoms with E-state index < -0.39 is 17.3 Å². The zero-order valence-electron chi connectivity index (χ0n) is 15.5. The molecular weight excluding hydrogens is 463 g/mol. The van der Waals surface area contributed by atoms with E-state index in [1.165, 1.54) is 12.1 Å². The zero-order valence-corrected chi connectivity index (χ0v) is 17.0. The van der Waals surface area contributed by atoms with E-state index in [2.05, 4.69) is 25.9 Å². The Kier molecular flexibility index (Phi) is 5.23. The largest absolute Gasteiger partial charge is 0.416 e. The molecule has 30 heavy (non-hydrogen) atoms. The molecule has 4 rings (SSSR count). The molecule has 0 spiro atoms. The average molecular weight is 478 g/mol. The third kappa shape index (κ3) is 3.89. The molecule has 1 N–H and O–H groups in total. The smallest absolute Gasteiger partial charge is 0.334 e. The summed E-state index contributed by atoms with van der Waals surface area (Å²) >= 11 is 3.36. The van der Waals surface area contributed by atoms with Crippen LogP contribution < -0.4 is 5.56 Å². The number of amides is 1. The summed E-state index contributed by atoms with van der Waals surface area (Å²) in [6.07, 6.45) is -4.15. The summed E-state index contributed by atoms with van der Waals surface area (Å²) in [7, 11) is 0. The van der Waals surface area contributed by atoms with Gasteiger partial charge in [-0.1, -0.05) is 24.3 Å². The maximum absolute atomic E-state index is 13.0. The van der Waals surface area contributed by atoms with Crippen LogP contribution >= 0.6 is 15.9 Å². The number of H-pyrrole nitrogens is 1. The van der Waals surface area contributed by atoms with Gasteiger partial charge >= 0.3 is 6.18 Å². The third-order valence-electron chi connectivity index (χ3n) is 4.92. The Morgan fingerprint density at radius 2 is 1.90 bits per heavy atom. The van der Waals surface area contributed by atoms with Gasteiger partial charge in [-0.2, -0.15) is 13.2 Å². The number of rotatable bonds is 2. The minimum atomic E-state index is -4.49. The molecule has 0 unspecified atom stereocenters. The maximum atomic E-state index is 13.0. The lowest BCUT2D eigenvalue weighted by atomic mass is 10.0. The van der Waals surface area contributed by atoms with Crippen LogP contribution in [0.25, 0.3) is 11.4 Å². The Morgan fingerprint density at radius 3 is 2.63 bits per heavy atom. The van der Waals surface area contributed by atoms with Crippen LogP contribution in [0.15, 0.2) is 57.8 Å². The highest BCUT2D eigenvalue weighted by atomic mass is 79.9. The van der Waals surface area contributed by atoms with Gasteiger partial charge in [-0.25, -0.2) is 4.98 Å². The van der Waals surface area contributed by atoms with Gasteiger partial charge in [0, 0.05) is 23.0 Å². The van der Waals surface area contributed by atoms with Gasteiger partial charge < -0.3 is 9.88 Å². The number of alkyl halides is 3. The Morgan fingerprint density at radius 1 is 1.13 bits per heavy atom. The Hall–Kier alpha value is -2.94. The second-order valence-electron chi connectivity index (χ2n) is 6.87. The van der Waals surface area contributed by atoms with E-state index in [9.17, 15) is 22.8 Å². The molecule has 5 nitrogen and oxygen atoms in total. The van der Waals surface area contributed by atoms with Crippen molar-refractivity contribution in [1.82, 2.24) is 14.9 Å². The Balaban J connectivity index is 1.65. The van der Waals surface area contributed by atoms with Gasteiger partial charge in [-0.15, -0.1) is 0 Å². The fourth-order valence-electron chi connectivity index (χ4n) is 3.38. The van der Waals surface area contributed by atoms with E-state index in [-0.39, 0.29) is 23.8 Å². The Bertz CT molecular complexity index is 1190. The number of aromatic amines is 1. The van der Waals surface area contributed by atoms with Gasteiger partial charge in [0.2, 0.25) is 0 Å². The van der Waals surface area contributed by atoms with E-state index >= 15 is 0 Å². The molecule has 1 aliphatic rings. The molecule has 2 heterocycles. The number of benzene rings is 2. The van der Waals surface area contributed by atoms with Crippen molar-refractivity contribution in [3.8, 4) is 11.4 Å². The molecule has 3 aromatic rings. The standard InChI is InChI=1S/C21H15BrF3N3O2/c22-16-7-2-1-6-14(16)20(30)28-9-8-17-15(11-28)19(29)27-18(26-17)12-4-3-5-13(10-12)21(23,24)25/h1-7,10H,8-9,11H2,(H,26,27,29). The summed E-state index contributed by atoms with van der Waals surface area (Å²) < 4.78 is 39.6. The number of carbonyl (C=O) groups is 1. The van der Waals surface area contributed by atoms with Crippen molar-refractivity contribution < 1.29 is 18.0 Å². The molecule has 1 aliphatic heterocycles. The first-order valence-electron chi connectivity index (χ1n) is 9.07. The lowest BCUT2D eigenvalue weighted by molar-refractivity contribution is -0.137. The van der Waals surface area contributed by atoms with Gasteiger partial charge in [0.1, 0.15) is 5.82 Å². The number of nitrogens with one attached hydrogen (secondary N) is 1. The summed E-state index contributed by atoms with van der Waals surface area (Å²) in [6.45, 7) is 0.437. The van der Waals surface area contributed by atoms with E-state index in [1.54, 1.807) is 29.2 Å². The minimum Gasteiger partial charge on any atom is -0.334 e. The van der Waals surface area contributed by atoms with Crippen LogP contribution in [-0.2, 0) is 19.1 Å². The molecule has 0 atom stereocenters. The van der Waals surface area contributed by atoms with Crippen molar-refractivity contribution in [2.24, 2.45) is 0 Å². The molecule has 0 saturated carbocycles. The number of hydrogen-bond donors (Lipinski definition) is 1. The fourth-order valence-corrected chi connectivity index (χ4v) is 3.84. The first-order chi connectivity index (χ1) is 14.2. The van der Waals surface area contributed by atoms with Crippen LogP contribution in [0.5, 0.6) is 0 Å². The van der Waals surface area contributed by atoms with E-state index in [4.69, 9.17) is 0 Å². The molecule has 154 valence electrons. The minimum absolute atomic E-state index is 0.0791. The van der Waals surface area contributed by atoms with Crippen molar-refractivity contribution in [2.75, 3.05) is 6.54 Å². The molecule has 1 amide bonds. The van der Waals surface area contributed by atoms with Crippen LogP contribution in [0.4, 0.5) is 13.2 Å². The van der Waals surface area contributed by atoms with Crippen molar-refractivity contribution >= 4 is 21.8 Å². The summed E-state index contributed by atoms with van der Waals surface area (Å²) in [5.74, 6) is -0.134. The summed E-state index contributed by atoms with van der Waals surface area (Å²) in [4.78, 5) is 34.0. The van der Waals surface area contributed by atoms with Gasteiger partial charge in [-0.3, -0.25) is 9.59 Å². The quantitative estimate of drug-likeness (QED) is 0.594. The molecule has 0 radical (unpaired) electrons. The number of nitrogens with zero attached hydrogens (tertiary/aromatic N) is 2. The molecule has 0 bridgehead atoms. The summed E-state index contributed by atoms with van der Waals surface area (Å²) in [5, 5.41) is 0. The summed E-state index contributed by atoms with van der Waals surface area (Å²) in [5.41, 5.74) is 0.227. The van der Waals surface area contributed by atoms with E-state index in [0.717, 1.165) is 12.1 Å². The molecule has 9 heteroatoms. The SMILES string of the molecule is O=C(c1ccccc1Br)N1CCc2nc(-c3cccc(C(F)(F)F)c3)[nH]c(=O)c2C1. The number of hydrogen-bond acceptors (Lipinski definition) is 3. The summed E-state index contributed by atoms with van der Waals surface area (Å²) in [6, 6.07) is 11.7. The van der Waals surface area contributed by atoms with Crippen LogP contribution in [0, 0.1) is 0 Å². The number of carbonyl (C=O) groups excluding carboxylic acids is 1. The van der Waals surface area contributed by atoms with Crippen molar-refractivity contribution in [1.29, 1.82) is 0 Å². The topological polar surface area (TPSA) is 66.1 Å². The predicted molar refractivity (Wildman–Crippen MR) is 108 cm³/mol. The normalized spacial score (nSPS) is 13.8. The van der Waals surface area contributed by atoms with Gasteiger partial charge in [0.15, 0.2) is 0 Å². The molecule has 2 aromatic carbocycles. The van der Waals surface area contributed by atoms with Crippen LogP contribution in [0.2, 0.25) is 0 Å². The maximum Gasteiger partial charge on any atom is 0.416 e. The van der Waals surface area contributed by atoms with Crippen LogP contribution in [-0.4, -0.2) is 27.3 Å². The molecule has 0 aliphatic carbocycles. The fraction of sp³-hybridized carbons (Fsp3) is 0.190. The van der Waals surface area contributed by atoms with Crippen molar-refractivity contribution in [3.05, 3.63) is 85.7 Å². The number of fused-ring (bicyclic) bond motifs is 1. The van der Waals surface area contributed by atoms with Crippen LogP contribution in [0.3, 0.4) is 0 Å². The van der Waals surface area contributed by atoms with E-state index in [1.807, 2.05) is 0 Å². The lowest BCUT2D eigenvalue weighted by Crippen LogP contribution is -2.39. The number of halogens is 4. The first-order valence-corrected chi connectivity index (χ1v) is 9.87. The van der Waals surface area contributed by atoms with Gasteiger partial charge in [0.05, 0.1) is 28.9 Å². The second-order valence-corrected chi connectivity index (χ2v) is 7.73. The monoisotopic (exact) mass is 477 g/mol. The Labute approximate surface area is 177 Å². The van der Waals surface area contributed by atoms with Crippen molar-refractivity contribution in [2.45, 2.75) is 19.1 Å². The lowest BCUT2D eigenvalue weighted by Gasteiger charge is -2.28. The molecular formula is C21H15BrF3N3O2. The highest BCUT2D eigenvalue weighted by Crippen LogP contribution is 2.31. The average Bonchev–Trinajstić information content (AvgIpc) is 2.73. The second kappa shape index (κ2) is 7.71. The van der Waals surface area contributed by atoms with Gasteiger partial charge in [0.25, 0.3) is 11.5 Å². The zero-order chi connectivity index (χ0) is 21.5. The third-order valence-corrected chi connectivity index (χ3v) is 5.61. The predicted octanol–water partition coefficient (Wildman–Crippen LogP) is 4.42. The van der Waals surface area contributed by atoms with E-state index in [0.29, 0.717) is 34.3 Å². The number of aromatic nitrogens is 2. The molecule has 1 aromatic heterocycles. The first kappa shape index (κ1) is 20.3. The molecule has 0 saturated heterocycles. The van der Waals surface area contributed by atoms with Gasteiger partial charge in [-0.05, 0) is 40.2 Å². The highest BCUT2D eigenvalue weighted by molar-refractivity contribution is 9.10. The van der Waals surface area contributed by atoms with Crippen LogP contribution in [0.1, 0.15) is 27.2 Å². The molecule has 0 fully saturated rings. The van der Waals surface area contributed by atoms with Crippen molar-refractivity contribution in [3.63, 3.8) is 0 Å². The highest BCUT2D eigenvalue weighted by Gasteiger charge is 2.31.